The van der Waals surface area contributed by atoms with Crippen LogP contribution in [0.2, 0.25) is 0 Å². The molecule has 2 aliphatic rings. The summed E-state index contributed by atoms with van der Waals surface area (Å²) in [5.41, 5.74) is 1.07. The van der Waals surface area contributed by atoms with E-state index >= 15 is 0 Å². The Kier molecular flexibility index (Phi) is 4.66. The fraction of sp³-hybridized carbons (Fsp3) is 0.647. The van der Waals surface area contributed by atoms with Gasteiger partial charge in [-0.25, -0.2) is 0 Å². The molecule has 1 aromatic rings. The smallest absolute Gasteiger partial charge is 0.119 e. The van der Waals surface area contributed by atoms with Gasteiger partial charge in [0.15, 0.2) is 0 Å². The zero-order valence-corrected chi connectivity index (χ0v) is 12.6. The fourth-order valence-corrected chi connectivity index (χ4v) is 3.98. The lowest BCUT2D eigenvalue weighted by atomic mass is 9.80. The molecule has 1 saturated heterocycles. The third kappa shape index (κ3) is 3.50. The van der Waals surface area contributed by atoms with Crippen molar-refractivity contribution < 1.29 is 10.2 Å². The number of benzene rings is 1. The van der Waals surface area contributed by atoms with Gasteiger partial charge in [-0.1, -0.05) is 19.3 Å². The zero-order valence-electron chi connectivity index (χ0n) is 12.6. The highest BCUT2D eigenvalue weighted by Crippen LogP contribution is 2.40. The van der Waals surface area contributed by atoms with E-state index in [1.165, 1.54) is 38.2 Å². The molecular weight excluding hydrogens is 264 g/mol. The fourth-order valence-electron chi connectivity index (χ4n) is 3.98. The summed E-state index contributed by atoms with van der Waals surface area (Å²) in [7, 11) is 0. The maximum absolute atomic E-state index is 9.85. The SMILES string of the molecule is Oc1cc(O)cc([C@@H](C2CCCCC2)N2CCNCC2)c1. The van der Waals surface area contributed by atoms with Crippen LogP contribution in [0, 0.1) is 5.92 Å². The third-order valence-corrected chi connectivity index (χ3v) is 4.91. The number of phenolic OH excluding ortho intramolecular Hbond substituents is 2. The van der Waals surface area contributed by atoms with Gasteiger partial charge in [0, 0.05) is 38.3 Å². The molecule has 1 aliphatic heterocycles. The number of phenols is 2. The van der Waals surface area contributed by atoms with E-state index in [1.54, 1.807) is 0 Å². The summed E-state index contributed by atoms with van der Waals surface area (Å²) in [5.74, 6) is 0.972. The van der Waals surface area contributed by atoms with Crippen LogP contribution in [0.5, 0.6) is 11.5 Å². The van der Waals surface area contributed by atoms with Crippen LogP contribution in [0.25, 0.3) is 0 Å². The van der Waals surface area contributed by atoms with E-state index in [1.807, 2.05) is 12.1 Å². The lowest BCUT2D eigenvalue weighted by Crippen LogP contribution is -2.47. The number of nitrogens with one attached hydrogen (secondary N) is 1. The summed E-state index contributed by atoms with van der Waals surface area (Å²) in [4.78, 5) is 2.53. The molecule has 1 atom stereocenters. The third-order valence-electron chi connectivity index (χ3n) is 4.91. The molecular formula is C17H26N2O2. The van der Waals surface area contributed by atoms with Crippen LogP contribution in [0.1, 0.15) is 43.7 Å². The topological polar surface area (TPSA) is 55.7 Å². The average Bonchev–Trinajstić information content (AvgIpc) is 2.49. The minimum Gasteiger partial charge on any atom is -0.508 e. The van der Waals surface area contributed by atoms with Crippen molar-refractivity contribution in [3.63, 3.8) is 0 Å². The first-order chi connectivity index (χ1) is 10.2. The highest BCUT2D eigenvalue weighted by atomic mass is 16.3. The van der Waals surface area contributed by atoms with E-state index in [9.17, 15) is 10.2 Å². The minimum atomic E-state index is 0.168. The standard InChI is InChI=1S/C17H26N2O2/c20-15-10-14(11-16(21)12-15)17(13-4-2-1-3-5-13)19-8-6-18-7-9-19/h10-13,17-18,20-21H,1-9H2/t17-/m1/s1. The van der Waals surface area contributed by atoms with Crippen molar-refractivity contribution in [1.82, 2.24) is 10.2 Å². The second kappa shape index (κ2) is 6.67. The van der Waals surface area contributed by atoms with Crippen molar-refractivity contribution >= 4 is 0 Å². The van der Waals surface area contributed by atoms with Gasteiger partial charge in [0.1, 0.15) is 11.5 Å². The summed E-state index contributed by atoms with van der Waals surface area (Å²) < 4.78 is 0. The van der Waals surface area contributed by atoms with Crippen LogP contribution in [-0.4, -0.2) is 41.3 Å². The molecule has 1 aromatic carbocycles. The first-order valence-corrected chi connectivity index (χ1v) is 8.22. The number of aromatic hydroxyl groups is 2. The number of nitrogens with zero attached hydrogens (tertiary/aromatic N) is 1. The van der Waals surface area contributed by atoms with Crippen molar-refractivity contribution in [2.75, 3.05) is 26.2 Å². The first-order valence-electron chi connectivity index (χ1n) is 8.22. The number of piperazine rings is 1. The monoisotopic (exact) mass is 290 g/mol. The van der Waals surface area contributed by atoms with Gasteiger partial charge in [-0.2, -0.15) is 0 Å². The lowest BCUT2D eigenvalue weighted by Gasteiger charge is -2.41. The van der Waals surface area contributed by atoms with E-state index in [4.69, 9.17) is 0 Å². The Hall–Kier alpha value is -1.26. The quantitative estimate of drug-likeness (QED) is 0.801. The van der Waals surface area contributed by atoms with Crippen molar-refractivity contribution in [3.8, 4) is 11.5 Å². The van der Waals surface area contributed by atoms with Crippen molar-refractivity contribution in [3.05, 3.63) is 23.8 Å². The van der Waals surface area contributed by atoms with Gasteiger partial charge in [-0.15, -0.1) is 0 Å². The summed E-state index contributed by atoms with van der Waals surface area (Å²) in [6.07, 6.45) is 6.46. The van der Waals surface area contributed by atoms with Gasteiger partial charge < -0.3 is 15.5 Å². The molecule has 0 spiro atoms. The second-order valence-electron chi connectivity index (χ2n) is 6.41. The Morgan fingerprint density at radius 2 is 1.57 bits per heavy atom. The normalized spacial score (nSPS) is 23.0. The second-order valence-corrected chi connectivity index (χ2v) is 6.41. The molecule has 0 bridgehead atoms. The Balaban J connectivity index is 1.89. The van der Waals surface area contributed by atoms with E-state index in [2.05, 4.69) is 10.2 Å². The molecule has 0 aromatic heterocycles. The van der Waals surface area contributed by atoms with Crippen LogP contribution >= 0.6 is 0 Å². The van der Waals surface area contributed by atoms with Crippen LogP contribution in [0.3, 0.4) is 0 Å². The van der Waals surface area contributed by atoms with Gasteiger partial charge in [-0.05, 0) is 36.5 Å². The van der Waals surface area contributed by atoms with Crippen molar-refractivity contribution in [2.24, 2.45) is 5.92 Å². The molecule has 4 heteroatoms. The molecule has 0 amide bonds. The Bertz CT molecular complexity index is 428. The molecule has 1 heterocycles. The minimum absolute atomic E-state index is 0.168. The molecule has 2 fully saturated rings. The Morgan fingerprint density at radius 3 is 2.19 bits per heavy atom. The van der Waals surface area contributed by atoms with E-state index < -0.39 is 0 Å². The van der Waals surface area contributed by atoms with E-state index in [0.29, 0.717) is 12.0 Å². The average molecular weight is 290 g/mol. The predicted molar refractivity (Wildman–Crippen MR) is 83.5 cm³/mol. The first kappa shape index (κ1) is 14.7. The van der Waals surface area contributed by atoms with Crippen LogP contribution in [0.15, 0.2) is 18.2 Å². The van der Waals surface area contributed by atoms with E-state index in [-0.39, 0.29) is 11.5 Å². The molecule has 4 nitrogen and oxygen atoms in total. The van der Waals surface area contributed by atoms with Gasteiger partial charge >= 0.3 is 0 Å². The van der Waals surface area contributed by atoms with Crippen molar-refractivity contribution in [2.45, 2.75) is 38.1 Å². The summed E-state index contributed by atoms with van der Waals surface area (Å²) in [5, 5.41) is 23.1. The predicted octanol–water partition coefficient (Wildman–Crippen LogP) is 2.62. The van der Waals surface area contributed by atoms with Crippen LogP contribution < -0.4 is 5.32 Å². The highest BCUT2D eigenvalue weighted by Gasteiger charge is 2.31. The maximum atomic E-state index is 9.85. The largest absolute Gasteiger partial charge is 0.508 e. The van der Waals surface area contributed by atoms with Crippen LogP contribution in [0.4, 0.5) is 0 Å². The van der Waals surface area contributed by atoms with Gasteiger partial charge in [-0.3, -0.25) is 4.90 Å². The maximum Gasteiger partial charge on any atom is 0.119 e. The molecule has 0 unspecified atom stereocenters. The molecule has 0 radical (unpaired) electrons. The summed E-state index contributed by atoms with van der Waals surface area (Å²) in [6, 6.07) is 5.41. The molecule has 1 saturated carbocycles. The highest BCUT2D eigenvalue weighted by molar-refractivity contribution is 5.38. The Morgan fingerprint density at radius 1 is 0.952 bits per heavy atom. The van der Waals surface area contributed by atoms with Gasteiger partial charge in [0.05, 0.1) is 0 Å². The molecule has 116 valence electrons. The number of rotatable bonds is 3. The van der Waals surface area contributed by atoms with E-state index in [0.717, 1.165) is 31.7 Å². The zero-order chi connectivity index (χ0) is 14.7. The van der Waals surface area contributed by atoms with Gasteiger partial charge in [0.25, 0.3) is 0 Å². The molecule has 21 heavy (non-hydrogen) atoms. The molecule has 3 N–H and O–H groups in total. The lowest BCUT2D eigenvalue weighted by molar-refractivity contribution is 0.103. The molecule has 1 aliphatic carbocycles. The number of hydrogen-bond donors (Lipinski definition) is 3. The summed E-state index contributed by atoms with van der Waals surface area (Å²) in [6.45, 7) is 4.12. The molecule has 3 rings (SSSR count). The van der Waals surface area contributed by atoms with Crippen molar-refractivity contribution in [1.29, 1.82) is 0 Å². The number of hydrogen-bond acceptors (Lipinski definition) is 4. The van der Waals surface area contributed by atoms with Crippen LogP contribution in [-0.2, 0) is 0 Å². The van der Waals surface area contributed by atoms with Gasteiger partial charge in [0.2, 0.25) is 0 Å². The summed E-state index contributed by atoms with van der Waals surface area (Å²) >= 11 is 0. The Labute approximate surface area is 126 Å².